The average Bonchev–Trinajstić information content (AvgIpc) is 2.26. The standard InChI is InChI=1S/C15H17BrO2/c16-12-4-5-13-10(8-12)2-3-11(9-14(17)18)15(13)6-1-7-15/h4-5,8,11H,1-3,6-7,9H2,(H,17,18). The summed E-state index contributed by atoms with van der Waals surface area (Å²) in [7, 11) is 0. The highest BCUT2D eigenvalue weighted by Crippen LogP contribution is 2.55. The van der Waals surface area contributed by atoms with Gasteiger partial charge < -0.3 is 5.11 Å². The summed E-state index contributed by atoms with van der Waals surface area (Å²) in [6, 6.07) is 6.53. The quantitative estimate of drug-likeness (QED) is 0.899. The van der Waals surface area contributed by atoms with Gasteiger partial charge in [-0.3, -0.25) is 4.79 Å². The van der Waals surface area contributed by atoms with Crippen LogP contribution in [0.15, 0.2) is 22.7 Å². The van der Waals surface area contributed by atoms with E-state index >= 15 is 0 Å². The lowest BCUT2D eigenvalue weighted by molar-refractivity contribution is -0.139. The van der Waals surface area contributed by atoms with E-state index in [9.17, 15) is 4.79 Å². The molecule has 0 aromatic heterocycles. The number of carboxylic acids is 1. The number of halogens is 1. The maximum atomic E-state index is 11.1. The van der Waals surface area contributed by atoms with Gasteiger partial charge in [-0.05, 0) is 60.3 Å². The summed E-state index contributed by atoms with van der Waals surface area (Å²) in [4.78, 5) is 11.1. The molecule has 96 valence electrons. The summed E-state index contributed by atoms with van der Waals surface area (Å²) in [6.07, 6.45) is 5.95. The van der Waals surface area contributed by atoms with Gasteiger partial charge in [0.05, 0.1) is 0 Å². The summed E-state index contributed by atoms with van der Waals surface area (Å²) >= 11 is 3.53. The number of aryl methyl sites for hydroxylation is 1. The predicted octanol–water partition coefficient (Wildman–Crippen LogP) is 3.91. The monoisotopic (exact) mass is 308 g/mol. The minimum absolute atomic E-state index is 0.173. The Hall–Kier alpha value is -0.830. The van der Waals surface area contributed by atoms with E-state index in [1.807, 2.05) is 0 Å². The zero-order chi connectivity index (χ0) is 12.8. The second kappa shape index (κ2) is 4.37. The second-order valence-corrected chi connectivity index (χ2v) is 6.56. The molecular formula is C15H17BrO2. The van der Waals surface area contributed by atoms with E-state index in [0.717, 1.165) is 17.3 Å². The second-order valence-electron chi connectivity index (χ2n) is 5.64. The molecule has 2 nitrogen and oxygen atoms in total. The van der Waals surface area contributed by atoms with Crippen LogP contribution in [0.2, 0.25) is 0 Å². The van der Waals surface area contributed by atoms with Gasteiger partial charge in [0, 0.05) is 10.9 Å². The Kier molecular flexibility index (Phi) is 2.97. The number of hydrogen-bond acceptors (Lipinski definition) is 1. The number of carboxylic acid groups (broad SMARTS) is 1. The molecule has 1 unspecified atom stereocenters. The topological polar surface area (TPSA) is 37.3 Å². The van der Waals surface area contributed by atoms with Crippen LogP contribution in [0.4, 0.5) is 0 Å². The molecule has 18 heavy (non-hydrogen) atoms. The molecule has 1 aromatic rings. The van der Waals surface area contributed by atoms with Crippen LogP contribution in [-0.4, -0.2) is 11.1 Å². The molecule has 3 rings (SSSR count). The van der Waals surface area contributed by atoms with E-state index in [2.05, 4.69) is 34.1 Å². The maximum absolute atomic E-state index is 11.1. The van der Waals surface area contributed by atoms with Crippen molar-refractivity contribution in [3.63, 3.8) is 0 Å². The maximum Gasteiger partial charge on any atom is 0.303 e. The Morgan fingerprint density at radius 2 is 2.22 bits per heavy atom. The summed E-state index contributed by atoms with van der Waals surface area (Å²) in [6.45, 7) is 0. The first-order valence-corrected chi connectivity index (χ1v) is 7.42. The number of aliphatic carboxylic acids is 1. The van der Waals surface area contributed by atoms with Gasteiger partial charge in [-0.2, -0.15) is 0 Å². The van der Waals surface area contributed by atoms with Crippen molar-refractivity contribution < 1.29 is 9.90 Å². The van der Waals surface area contributed by atoms with E-state index in [0.29, 0.717) is 12.3 Å². The van der Waals surface area contributed by atoms with Crippen LogP contribution in [0.3, 0.4) is 0 Å². The summed E-state index contributed by atoms with van der Waals surface area (Å²) in [5.74, 6) is -0.315. The van der Waals surface area contributed by atoms with Crippen molar-refractivity contribution in [1.82, 2.24) is 0 Å². The third-order valence-electron chi connectivity index (χ3n) is 4.81. The van der Waals surface area contributed by atoms with Gasteiger partial charge in [0.25, 0.3) is 0 Å². The van der Waals surface area contributed by atoms with Gasteiger partial charge in [-0.1, -0.05) is 28.4 Å². The first-order valence-electron chi connectivity index (χ1n) is 6.62. The Morgan fingerprint density at radius 1 is 1.44 bits per heavy atom. The van der Waals surface area contributed by atoms with E-state index in [4.69, 9.17) is 5.11 Å². The largest absolute Gasteiger partial charge is 0.481 e. The number of carbonyl (C=O) groups is 1. The molecule has 1 saturated carbocycles. The van der Waals surface area contributed by atoms with Crippen LogP contribution in [0.1, 0.15) is 43.2 Å². The predicted molar refractivity (Wildman–Crippen MR) is 73.7 cm³/mol. The van der Waals surface area contributed by atoms with Crippen molar-refractivity contribution >= 4 is 21.9 Å². The molecule has 0 bridgehead atoms. The van der Waals surface area contributed by atoms with Crippen molar-refractivity contribution in [2.75, 3.05) is 0 Å². The first-order chi connectivity index (χ1) is 8.62. The van der Waals surface area contributed by atoms with Gasteiger partial charge in [0.15, 0.2) is 0 Å². The van der Waals surface area contributed by atoms with Gasteiger partial charge in [-0.15, -0.1) is 0 Å². The van der Waals surface area contributed by atoms with Crippen LogP contribution in [0.5, 0.6) is 0 Å². The van der Waals surface area contributed by atoms with Crippen LogP contribution < -0.4 is 0 Å². The first kappa shape index (κ1) is 12.2. The number of fused-ring (bicyclic) bond motifs is 2. The van der Waals surface area contributed by atoms with E-state index in [-0.39, 0.29) is 5.41 Å². The fraction of sp³-hybridized carbons (Fsp3) is 0.533. The fourth-order valence-corrected chi connectivity index (χ4v) is 4.23. The number of benzene rings is 1. The van der Waals surface area contributed by atoms with Crippen LogP contribution >= 0.6 is 15.9 Å². The fourth-order valence-electron chi connectivity index (χ4n) is 3.82. The Balaban J connectivity index is 2.00. The highest BCUT2D eigenvalue weighted by molar-refractivity contribution is 9.10. The molecule has 1 spiro atoms. The lowest BCUT2D eigenvalue weighted by Crippen LogP contribution is -2.46. The van der Waals surface area contributed by atoms with Gasteiger partial charge in [0.1, 0.15) is 0 Å². The normalized spacial score (nSPS) is 24.4. The minimum atomic E-state index is -0.646. The SMILES string of the molecule is O=C(O)CC1CCc2cc(Br)ccc2C12CCC2. The third kappa shape index (κ3) is 1.80. The van der Waals surface area contributed by atoms with Crippen molar-refractivity contribution in [2.45, 2.75) is 43.9 Å². The zero-order valence-electron chi connectivity index (χ0n) is 10.3. The van der Waals surface area contributed by atoms with Crippen molar-refractivity contribution in [2.24, 2.45) is 5.92 Å². The molecule has 3 heteroatoms. The van der Waals surface area contributed by atoms with Crippen molar-refractivity contribution in [3.05, 3.63) is 33.8 Å². The summed E-state index contributed by atoms with van der Waals surface area (Å²) < 4.78 is 1.13. The molecule has 0 heterocycles. The van der Waals surface area contributed by atoms with Gasteiger partial charge in [-0.25, -0.2) is 0 Å². The molecular weight excluding hydrogens is 292 g/mol. The number of rotatable bonds is 2. The van der Waals surface area contributed by atoms with Crippen LogP contribution in [-0.2, 0) is 16.6 Å². The Labute approximate surface area is 116 Å². The lowest BCUT2D eigenvalue weighted by atomic mass is 9.52. The molecule has 0 amide bonds. The lowest BCUT2D eigenvalue weighted by Gasteiger charge is -2.51. The smallest absolute Gasteiger partial charge is 0.303 e. The molecule has 1 aromatic carbocycles. The van der Waals surface area contributed by atoms with Gasteiger partial charge in [0.2, 0.25) is 0 Å². The molecule has 0 saturated heterocycles. The molecule has 2 aliphatic carbocycles. The van der Waals surface area contributed by atoms with Crippen LogP contribution in [0, 0.1) is 5.92 Å². The highest BCUT2D eigenvalue weighted by Gasteiger charge is 2.48. The highest BCUT2D eigenvalue weighted by atomic mass is 79.9. The summed E-state index contributed by atoms with van der Waals surface area (Å²) in [5.41, 5.74) is 3.02. The van der Waals surface area contributed by atoms with E-state index in [1.54, 1.807) is 0 Å². The Bertz CT molecular complexity index is 491. The van der Waals surface area contributed by atoms with E-state index < -0.39 is 5.97 Å². The average molecular weight is 309 g/mol. The van der Waals surface area contributed by atoms with Crippen molar-refractivity contribution in [1.29, 1.82) is 0 Å². The molecule has 1 fully saturated rings. The molecule has 2 aliphatic rings. The minimum Gasteiger partial charge on any atom is -0.481 e. The van der Waals surface area contributed by atoms with E-state index in [1.165, 1.54) is 30.4 Å². The summed E-state index contributed by atoms with van der Waals surface area (Å²) in [5, 5.41) is 9.10. The molecule has 0 aliphatic heterocycles. The van der Waals surface area contributed by atoms with Crippen LogP contribution in [0.25, 0.3) is 0 Å². The molecule has 1 N–H and O–H groups in total. The van der Waals surface area contributed by atoms with Crippen molar-refractivity contribution in [3.8, 4) is 0 Å². The zero-order valence-corrected chi connectivity index (χ0v) is 11.9. The number of hydrogen-bond donors (Lipinski definition) is 1. The molecule has 1 atom stereocenters. The molecule has 0 radical (unpaired) electrons. The van der Waals surface area contributed by atoms with Gasteiger partial charge >= 0.3 is 5.97 Å². The Morgan fingerprint density at radius 3 is 2.83 bits per heavy atom. The third-order valence-corrected chi connectivity index (χ3v) is 5.31.